The highest BCUT2D eigenvalue weighted by Crippen LogP contribution is 2.33. The van der Waals surface area contributed by atoms with E-state index in [-0.39, 0.29) is 18.2 Å². The predicted octanol–water partition coefficient (Wildman–Crippen LogP) is 2.64. The van der Waals surface area contributed by atoms with Gasteiger partial charge >= 0.3 is 0 Å². The minimum Gasteiger partial charge on any atom is -0.497 e. The quantitative estimate of drug-likeness (QED) is 0.849. The van der Waals surface area contributed by atoms with Crippen LogP contribution in [0.2, 0.25) is 0 Å². The molecule has 0 saturated carbocycles. The molecule has 0 fully saturated rings. The maximum Gasteiger partial charge on any atom is 0.222 e. The molecule has 0 aromatic heterocycles. The van der Waals surface area contributed by atoms with E-state index < -0.39 is 6.10 Å². The standard InChI is InChI=1S/C18H27NO3/c1-12(2)17(20)10-18(21)19-11-14-6-4-5-13-9-15(22-3)7-8-16(13)14/h7-9,12,14,17,20H,4-6,10-11H2,1-3H3,(H,19,21). The molecule has 22 heavy (non-hydrogen) atoms. The zero-order valence-electron chi connectivity index (χ0n) is 13.8. The zero-order chi connectivity index (χ0) is 16.1. The van der Waals surface area contributed by atoms with E-state index in [9.17, 15) is 9.90 Å². The van der Waals surface area contributed by atoms with E-state index in [2.05, 4.69) is 17.4 Å². The Bertz CT molecular complexity index is 513. The van der Waals surface area contributed by atoms with Crippen LogP contribution in [0, 0.1) is 5.92 Å². The number of methoxy groups -OCH3 is 1. The second-order valence-corrected chi connectivity index (χ2v) is 6.47. The fourth-order valence-corrected chi connectivity index (χ4v) is 2.97. The van der Waals surface area contributed by atoms with Gasteiger partial charge < -0.3 is 15.2 Å². The summed E-state index contributed by atoms with van der Waals surface area (Å²) >= 11 is 0. The van der Waals surface area contributed by atoms with Gasteiger partial charge in [0.2, 0.25) is 5.91 Å². The van der Waals surface area contributed by atoms with Gasteiger partial charge in [0.05, 0.1) is 19.6 Å². The number of aliphatic hydroxyl groups excluding tert-OH is 1. The Balaban J connectivity index is 1.94. The molecule has 2 N–H and O–H groups in total. The third-order valence-corrected chi connectivity index (χ3v) is 4.50. The number of aryl methyl sites for hydroxylation is 1. The third kappa shape index (κ3) is 4.23. The van der Waals surface area contributed by atoms with Gasteiger partial charge in [-0.15, -0.1) is 0 Å². The lowest BCUT2D eigenvalue weighted by atomic mass is 9.82. The first-order chi connectivity index (χ1) is 10.5. The molecular weight excluding hydrogens is 278 g/mol. The lowest BCUT2D eigenvalue weighted by molar-refractivity contribution is -0.123. The second-order valence-electron chi connectivity index (χ2n) is 6.47. The topological polar surface area (TPSA) is 58.6 Å². The van der Waals surface area contributed by atoms with E-state index in [1.807, 2.05) is 19.9 Å². The molecule has 0 bridgehead atoms. The van der Waals surface area contributed by atoms with Crippen LogP contribution < -0.4 is 10.1 Å². The molecule has 1 amide bonds. The Hall–Kier alpha value is -1.55. The molecule has 2 rings (SSSR count). The molecule has 0 aliphatic heterocycles. The van der Waals surface area contributed by atoms with E-state index >= 15 is 0 Å². The van der Waals surface area contributed by atoms with Gasteiger partial charge in [0.1, 0.15) is 5.75 Å². The van der Waals surface area contributed by atoms with Gasteiger partial charge in [-0.2, -0.15) is 0 Å². The number of benzene rings is 1. The highest BCUT2D eigenvalue weighted by Gasteiger charge is 2.22. The number of rotatable bonds is 6. The summed E-state index contributed by atoms with van der Waals surface area (Å²) in [6.45, 7) is 4.48. The molecule has 1 aromatic rings. The minimum absolute atomic E-state index is 0.0677. The Morgan fingerprint density at radius 3 is 2.91 bits per heavy atom. The van der Waals surface area contributed by atoms with E-state index in [1.54, 1.807) is 7.11 Å². The Kier molecular flexibility index (Phi) is 5.83. The SMILES string of the molecule is COc1ccc2c(c1)CCCC2CNC(=O)CC(O)C(C)C. The lowest BCUT2D eigenvalue weighted by Gasteiger charge is -2.26. The number of aliphatic hydroxyl groups is 1. The van der Waals surface area contributed by atoms with Crippen LogP contribution in [0.25, 0.3) is 0 Å². The predicted molar refractivity (Wildman–Crippen MR) is 87.1 cm³/mol. The lowest BCUT2D eigenvalue weighted by Crippen LogP contribution is -2.33. The van der Waals surface area contributed by atoms with Crippen molar-refractivity contribution in [2.75, 3.05) is 13.7 Å². The number of amides is 1. The molecule has 1 aromatic carbocycles. The van der Waals surface area contributed by atoms with E-state index in [0.29, 0.717) is 12.5 Å². The van der Waals surface area contributed by atoms with Gasteiger partial charge in [-0.05, 0) is 48.4 Å². The number of hydrogen-bond donors (Lipinski definition) is 2. The van der Waals surface area contributed by atoms with E-state index in [4.69, 9.17) is 4.74 Å². The summed E-state index contributed by atoms with van der Waals surface area (Å²) in [7, 11) is 1.68. The molecule has 2 unspecified atom stereocenters. The summed E-state index contributed by atoms with van der Waals surface area (Å²) in [4.78, 5) is 11.9. The van der Waals surface area contributed by atoms with Gasteiger partial charge in [-0.1, -0.05) is 19.9 Å². The van der Waals surface area contributed by atoms with Crippen LogP contribution in [-0.4, -0.2) is 30.8 Å². The van der Waals surface area contributed by atoms with Crippen molar-refractivity contribution in [2.45, 2.75) is 51.6 Å². The maximum absolute atomic E-state index is 11.9. The van der Waals surface area contributed by atoms with Crippen LogP contribution in [0.15, 0.2) is 18.2 Å². The van der Waals surface area contributed by atoms with Gasteiger partial charge in [-0.25, -0.2) is 0 Å². The van der Waals surface area contributed by atoms with Crippen LogP contribution in [-0.2, 0) is 11.2 Å². The summed E-state index contributed by atoms with van der Waals surface area (Å²) < 4.78 is 5.28. The summed E-state index contributed by atoms with van der Waals surface area (Å²) in [6.07, 6.45) is 2.91. The van der Waals surface area contributed by atoms with Crippen LogP contribution in [0.3, 0.4) is 0 Å². The Labute approximate surface area is 132 Å². The number of ether oxygens (including phenoxy) is 1. The van der Waals surface area contributed by atoms with Crippen LogP contribution >= 0.6 is 0 Å². The summed E-state index contributed by atoms with van der Waals surface area (Å²) in [5.41, 5.74) is 2.64. The van der Waals surface area contributed by atoms with Crippen LogP contribution in [0.1, 0.15) is 50.2 Å². The average molecular weight is 305 g/mol. The van der Waals surface area contributed by atoms with Crippen molar-refractivity contribution >= 4 is 5.91 Å². The molecule has 0 saturated heterocycles. The highest BCUT2D eigenvalue weighted by molar-refractivity contribution is 5.76. The van der Waals surface area contributed by atoms with Gasteiger partial charge in [0, 0.05) is 12.5 Å². The summed E-state index contributed by atoms with van der Waals surface area (Å²) in [5.74, 6) is 1.29. The van der Waals surface area contributed by atoms with E-state index in [0.717, 1.165) is 25.0 Å². The molecule has 4 nitrogen and oxygen atoms in total. The van der Waals surface area contributed by atoms with Gasteiger partial charge in [0.15, 0.2) is 0 Å². The molecule has 0 radical (unpaired) electrons. The Morgan fingerprint density at radius 2 is 2.23 bits per heavy atom. The summed E-state index contributed by atoms with van der Waals surface area (Å²) in [5, 5.41) is 12.8. The average Bonchev–Trinajstić information content (AvgIpc) is 2.52. The molecule has 0 heterocycles. The minimum atomic E-state index is -0.567. The van der Waals surface area contributed by atoms with Gasteiger partial charge in [-0.3, -0.25) is 4.79 Å². The first kappa shape index (κ1) is 16.8. The molecular formula is C18H27NO3. The van der Waals surface area contributed by atoms with Crippen LogP contribution in [0.4, 0.5) is 0 Å². The first-order valence-electron chi connectivity index (χ1n) is 8.12. The number of carbonyl (C=O) groups excluding carboxylic acids is 1. The van der Waals surface area contributed by atoms with Crippen LogP contribution in [0.5, 0.6) is 5.75 Å². The number of fused-ring (bicyclic) bond motifs is 1. The molecule has 1 aliphatic carbocycles. The smallest absolute Gasteiger partial charge is 0.222 e. The zero-order valence-corrected chi connectivity index (χ0v) is 13.8. The maximum atomic E-state index is 11.9. The van der Waals surface area contributed by atoms with Crippen molar-refractivity contribution in [1.29, 1.82) is 0 Å². The monoisotopic (exact) mass is 305 g/mol. The number of nitrogens with one attached hydrogen (secondary N) is 1. The molecule has 4 heteroatoms. The highest BCUT2D eigenvalue weighted by atomic mass is 16.5. The number of hydrogen-bond acceptors (Lipinski definition) is 3. The normalized spacial score (nSPS) is 18.7. The largest absolute Gasteiger partial charge is 0.497 e. The Morgan fingerprint density at radius 1 is 1.45 bits per heavy atom. The third-order valence-electron chi connectivity index (χ3n) is 4.50. The van der Waals surface area contributed by atoms with Crippen molar-refractivity contribution < 1.29 is 14.6 Å². The van der Waals surface area contributed by atoms with Crippen molar-refractivity contribution in [1.82, 2.24) is 5.32 Å². The first-order valence-corrected chi connectivity index (χ1v) is 8.12. The van der Waals surface area contributed by atoms with Gasteiger partial charge in [0.25, 0.3) is 0 Å². The summed E-state index contributed by atoms with van der Waals surface area (Å²) in [6, 6.07) is 6.21. The molecule has 2 atom stereocenters. The second kappa shape index (κ2) is 7.63. The van der Waals surface area contributed by atoms with E-state index in [1.165, 1.54) is 11.1 Å². The fraction of sp³-hybridized carbons (Fsp3) is 0.611. The van der Waals surface area contributed by atoms with Crippen molar-refractivity contribution in [3.8, 4) is 5.75 Å². The van der Waals surface area contributed by atoms with Crippen molar-refractivity contribution in [3.63, 3.8) is 0 Å². The molecule has 1 aliphatic rings. The molecule has 0 spiro atoms. The molecule has 122 valence electrons. The van der Waals surface area contributed by atoms with Crippen molar-refractivity contribution in [3.05, 3.63) is 29.3 Å². The van der Waals surface area contributed by atoms with Crippen molar-refractivity contribution in [2.24, 2.45) is 5.92 Å². The number of carbonyl (C=O) groups is 1. The fourth-order valence-electron chi connectivity index (χ4n) is 2.97.